The second kappa shape index (κ2) is 4.79. The predicted molar refractivity (Wildman–Crippen MR) is 60.7 cm³/mol. The van der Waals surface area contributed by atoms with Gasteiger partial charge in [-0.2, -0.15) is 11.8 Å². The van der Waals surface area contributed by atoms with Crippen LogP contribution in [0.4, 0.5) is 10.3 Å². The van der Waals surface area contributed by atoms with E-state index in [9.17, 15) is 4.39 Å². The zero-order chi connectivity index (χ0) is 10.7. The van der Waals surface area contributed by atoms with E-state index in [1.165, 1.54) is 25.2 Å². The monoisotopic (exact) mass is 227 g/mol. The van der Waals surface area contributed by atoms with Gasteiger partial charge in [-0.1, -0.05) is 0 Å². The fraction of sp³-hybridized carbons (Fsp3) is 0.600. The molecule has 1 saturated heterocycles. The van der Waals surface area contributed by atoms with Crippen molar-refractivity contribution in [3.63, 3.8) is 0 Å². The third-order valence-electron chi connectivity index (χ3n) is 2.60. The summed E-state index contributed by atoms with van der Waals surface area (Å²) in [5.41, 5.74) is 0. The number of rotatable bonds is 3. The summed E-state index contributed by atoms with van der Waals surface area (Å²) in [6.07, 6.45) is 6.92. The maximum atomic E-state index is 12.7. The van der Waals surface area contributed by atoms with Crippen molar-refractivity contribution in [3.8, 4) is 0 Å². The molecule has 0 amide bonds. The van der Waals surface area contributed by atoms with Crippen molar-refractivity contribution < 1.29 is 4.39 Å². The van der Waals surface area contributed by atoms with Gasteiger partial charge in [0.2, 0.25) is 5.95 Å². The Morgan fingerprint density at radius 2 is 2.27 bits per heavy atom. The van der Waals surface area contributed by atoms with Crippen LogP contribution in [0, 0.1) is 5.82 Å². The van der Waals surface area contributed by atoms with E-state index in [0.29, 0.717) is 12.0 Å². The molecule has 0 N–H and O–H groups in total. The summed E-state index contributed by atoms with van der Waals surface area (Å²) in [6.45, 7) is 0.983. The topological polar surface area (TPSA) is 29.0 Å². The first-order valence-corrected chi connectivity index (χ1v) is 6.44. The van der Waals surface area contributed by atoms with E-state index in [0.717, 1.165) is 12.3 Å². The van der Waals surface area contributed by atoms with Crippen molar-refractivity contribution in [2.24, 2.45) is 0 Å². The van der Waals surface area contributed by atoms with Gasteiger partial charge < -0.3 is 4.90 Å². The number of halogens is 1. The number of thioether (sulfide) groups is 1. The minimum Gasteiger partial charge on any atom is -0.337 e. The first-order valence-electron chi connectivity index (χ1n) is 5.04. The number of hydrogen-bond donors (Lipinski definition) is 0. The molecule has 0 spiro atoms. The molecule has 1 aromatic heterocycles. The molecule has 1 aliphatic rings. The number of aromatic nitrogens is 2. The lowest BCUT2D eigenvalue weighted by molar-refractivity contribution is 0.610. The molecule has 0 aromatic carbocycles. The summed E-state index contributed by atoms with van der Waals surface area (Å²) in [7, 11) is 0. The molecule has 3 nitrogen and oxygen atoms in total. The van der Waals surface area contributed by atoms with E-state index in [1.54, 1.807) is 0 Å². The van der Waals surface area contributed by atoms with Crippen LogP contribution in [0.1, 0.15) is 12.8 Å². The number of anilines is 1. The van der Waals surface area contributed by atoms with E-state index < -0.39 is 0 Å². The lowest BCUT2D eigenvalue weighted by atomic mass is 10.2. The van der Waals surface area contributed by atoms with Crippen molar-refractivity contribution in [1.29, 1.82) is 0 Å². The molecular formula is C10H14FN3S. The summed E-state index contributed by atoms with van der Waals surface area (Å²) in [6, 6.07) is 0.505. The Bertz CT molecular complexity index is 317. The fourth-order valence-electron chi connectivity index (χ4n) is 1.92. The van der Waals surface area contributed by atoms with E-state index >= 15 is 0 Å². The van der Waals surface area contributed by atoms with E-state index in [2.05, 4.69) is 21.1 Å². The summed E-state index contributed by atoms with van der Waals surface area (Å²) < 4.78 is 12.7. The maximum absolute atomic E-state index is 12.7. The van der Waals surface area contributed by atoms with Crippen LogP contribution in [0.15, 0.2) is 12.4 Å². The second-order valence-electron chi connectivity index (χ2n) is 3.65. The molecule has 1 atom stereocenters. The zero-order valence-electron chi connectivity index (χ0n) is 8.69. The second-order valence-corrected chi connectivity index (χ2v) is 4.56. The standard InChI is InChI=1S/C10H14FN3S/c1-15-7-9-3-2-4-14(9)10-12-5-8(11)6-13-10/h5-6,9H,2-4,7H2,1H3. The van der Waals surface area contributed by atoms with Gasteiger partial charge in [0.1, 0.15) is 0 Å². The molecular weight excluding hydrogens is 213 g/mol. The van der Waals surface area contributed by atoms with Crippen molar-refractivity contribution in [2.75, 3.05) is 23.5 Å². The van der Waals surface area contributed by atoms with Gasteiger partial charge in [-0.15, -0.1) is 0 Å². The first kappa shape index (κ1) is 10.7. The van der Waals surface area contributed by atoms with Gasteiger partial charge in [-0.05, 0) is 19.1 Å². The molecule has 0 bridgehead atoms. The number of nitrogens with zero attached hydrogens (tertiary/aromatic N) is 3. The highest BCUT2D eigenvalue weighted by molar-refractivity contribution is 7.98. The molecule has 5 heteroatoms. The quantitative estimate of drug-likeness (QED) is 0.789. The van der Waals surface area contributed by atoms with Crippen LogP contribution in [0.2, 0.25) is 0 Å². The Hall–Kier alpha value is -0.840. The average molecular weight is 227 g/mol. The third-order valence-corrected chi connectivity index (χ3v) is 3.32. The van der Waals surface area contributed by atoms with Gasteiger partial charge in [0, 0.05) is 18.3 Å². The summed E-state index contributed by atoms with van der Waals surface area (Å²) in [4.78, 5) is 10.2. The minimum absolute atomic E-state index is 0.376. The number of hydrogen-bond acceptors (Lipinski definition) is 4. The van der Waals surface area contributed by atoms with Gasteiger partial charge in [0.05, 0.1) is 12.4 Å². The molecule has 0 aliphatic carbocycles. The van der Waals surface area contributed by atoms with Gasteiger partial charge in [0.25, 0.3) is 0 Å². The lowest BCUT2D eigenvalue weighted by Gasteiger charge is -2.23. The molecule has 1 unspecified atom stereocenters. The highest BCUT2D eigenvalue weighted by Crippen LogP contribution is 2.23. The van der Waals surface area contributed by atoms with Crippen molar-refractivity contribution in [3.05, 3.63) is 18.2 Å². The summed E-state index contributed by atoms with van der Waals surface area (Å²) in [5.74, 6) is 1.37. The van der Waals surface area contributed by atoms with Crippen LogP contribution in [0.25, 0.3) is 0 Å². The summed E-state index contributed by atoms with van der Waals surface area (Å²) >= 11 is 1.83. The Morgan fingerprint density at radius 3 is 2.93 bits per heavy atom. The predicted octanol–water partition coefficient (Wildman–Crippen LogP) is 1.95. The van der Waals surface area contributed by atoms with Gasteiger partial charge >= 0.3 is 0 Å². The molecule has 82 valence electrons. The maximum Gasteiger partial charge on any atom is 0.225 e. The van der Waals surface area contributed by atoms with E-state index in [1.807, 2.05) is 11.8 Å². The Balaban J connectivity index is 2.11. The molecule has 0 saturated carbocycles. The van der Waals surface area contributed by atoms with E-state index in [-0.39, 0.29) is 5.82 Å². The smallest absolute Gasteiger partial charge is 0.225 e. The van der Waals surface area contributed by atoms with Crippen molar-refractivity contribution in [1.82, 2.24) is 9.97 Å². The van der Waals surface area contributed by atoms with E-state index in [4.69, 9.17) is 0 Å². The normalized spacial score (nSPS) is 20.9. The molecule has 1 fully saturated rings. The fourth-order valence-corrected chi connectivity index (χ4v) is 2.65. The highest BCUT2D eigenvalue weighted by atomic mass is 32.2. The zero-order valence-corrected chi connectivity index (χ0v) is 9.50. The summed E-state index contributed by atoms with van der Waals surface area (Å²) in [5, 5.41) is 0. The van der Waals surface area contributed by atoms with Crippen LogP contribution in [0.5, 0.6) is 0 Å². The molecule has 0 radical (unpaired) electrons. The largest absolute Gasteiger partial charge is 0.337 e. The minimum atomic E-state index is -0.376. The van der Waals surface area contributed by atoms with Crippen molar-refractivity contribution in [2.45, 2.75) is 18.9 Å². The van der Waals surface area contributed by atoms with Crippen LogP contribution in [-0.4, -0.2) is 34.6 Å². The molecule has 15 heavy (non-hydrogen) atoms. The first-order chi connectivity index (χ1) is 7.31. The van der Waals surface area contributed by atoms with Crippen LogP contribution < -0.4 is 4.90 Å². The van der Waals surface area contributed by atoms with Gasteiger partial charge in [-0.25, -0.2) is 14.4 Å². The average Bonchev–Trinajstić information content (AvgIpc) is 2.68. The Labute approximate surface area is 93.1 Å². The lowest BCUT2D eigenvalue weighted by Crippen LogP contribution is -2.32. The highest BCUT2D eigenvalue weighted by Gasteiger charge is 2.25. The van der Waals surface area contributed by atoms with Crippen molar-refractivity contribution >= 4 is 17.7 Å². The molecule has 2 rings (SSSR count). The molecule has 1 aliphatic heterocycles. The van der Waals surface area contributed by atoms with Gasteiger partial charge in [0.15, 0.2) is 5.82 Å². The van der Waals surface area contributed by atoms with Crippen LogP contribution >= 0.6 is 11.8 Å². The Morgan fingerprint density at radius 1 is 1.53 bits per heavy atom. The molecule has 1 aromatic rings. The van der Waals surface area contributed by atoms with Gasteiger partial charge in [-0.3, -0.25) is 0 Å². The molecule has 2 heterocycles. The van der Waals surface area contributed by atoms with Crippen LogP contribution in [0.3, 0.4) is 0 Å². The van der Waals surface area contributed by atoms with Crippen LogP contribution in [-0.2, 0) is 0 Å². The Kier molecular flexibility index (Phi) is 3.41. The third kappa shape index (κ3) is 2.40. The SMILES string of the molecule is CSCC1CCCN1c1ncc(F)cn1.